The van der Waals surface area contributed by atoms with Gasteiger partial charge in [-0.25, -0.2) is 0 Å². The summed E-state index contributed by atoms with van der Waals surface area (Å²) < 4.78 is 10.2. The normalized spacial score (nSPS) is 13.9. The van der Waals surface area contributed by atoms with Crippen molar-refractivity contribution in [3.63, 3.8) is 0 Å². The second kappa shape index (κ2) is 6.15. The molecule has 2 N–H and O–H groups in total. The molecule has 1 atom stereocenters. The van der Waals surface area contributed by atoms with Gasteiger partial charge in [0, 0.05) is 18.4 Å². The zero-order valence-corrected chi connectivity index (χ0v) is 12.1. The number of hydrogen-bond donors (Lipinski definition) is 2. The summed E-state index contributed by atoms with van der Waals surface area (Å²) in [6.07, 6.45) is 3.40. The van der Waals surface area contributed by atoms with Gasteiger partial charge in [0.15, 0.2) is 11.5 Å². The molecule has 0 bridgehead atoms. The second-order valence-corrected chi connectivity index (χ2v) is 5.53. The number of hydrogen-bond acceptors (Lipinski definition) is 6. The number of nitrogens with zero attached hydrogens (tertiary/aromatic N) is 1. The van der Waals surface area contributed by atoms with Gasteiger partial charge < -0.3 is 19.4 Å². The molecule has 2 rings (SSSR count). The van der Waals surface area contributed by atoms with Gasteiger partial charge in [-0.2, -0.15) is 11.8 Å². The van der Waals surface area contributed by atoms with E-state index in [1.165, 1.54) is 24.1 Å². The molecule has 0 fully saturated rings. The maximum absolute atomic E-state index is 11.9. The number of carbonyl (C=O) groups excluding carboxylic acids is 1. The Balaban J connectivity index is 1.97. The topological polar surface area (TPSA) is 88.5 Å². The van der Waals surface area contributed by atoms with Crippen LogP contribution in [0.4, 0.5) is 0 Å². The molecule has 2 aromatic rings. The van der Waals surface area contributed by atoms with Gasteiger partial charge in [-0.15, -0.1) is 0 Å². The molecule has 6 nitrogen and oxygen atoms in total. The Hall–Kier alpha value is -1.73. The highest BCUT2D eigenvalue weighted by Crippen LogP contribution is 2.20. The number of nitrogens with one attached hydrogen (secondary N) is 1. The molecule has 0 aliphatic heterocycles. The number of amides is 1. The van der Waals surface area contributed by atoms with E-state index in [0.29, 0.717) is 17.3 Å². The fourth-order valence-electron chi connectivity index (χ4n) is 1.64. The number of aliphatic hydroxyl groups is 1. The van der Waals surface area contributed by atoms with Crippen molar-refractivity contribution in [2.24, 2.45) is 0 Å². The second-order valence-electron chi connectivity index (χ2n) is 4.67. The van der Waals surface area contributed by atoms with Crippen LogP contribution in [0, 0.1) is 0 Å². The molecule has 7 heteroatoms. The highest BCUT2D eigenvalue weighted by molar-refractivity contribution is 7.98. The van der Waals surface area contributed by atoms with E-state index in [1.54, 1.807) is 19.1 Å². The van der Waals surface area contributed by atoms with Gasteiger partial charge in [-0.3, -0.25) is 4.79 Å². The fraction of sp³-hybridized carbons (Fsp3) is 0.385. The van der Waals surface area contributed by atoms with E-state index >= 15 is 0 Å². The Morgan fingerprint density at radius 3 is 3.00 bits per heavy atom. The van der Waals surface area contributed by atoms with Crippen molar-refractivity contribution in [3.05, 3.63) is 30.2 Å². The van der Waals surface area contributed by atoms with Crippen LogP contribution in [0.25, 0.3) is 11.5 Å². The number of thioether (sulfide) groups is 1. The lowest BCUT2D eigenvalue weighted by Gasteiger charge is -2.21. The van der Waals surface area contributed by atoms with Gasteiger partial charge >= 0.3 is 0 Å². The number of rotatable bonds is 6. The van der Waals surface area contributed by atoms with Crippen molar-refractivity contribution in [3.8, 4) is 11.5 Å². The van der Waals surface area contributed by atoms with Crippen LogP contribution in [0.15, 0.2) is 33.4 Å². The van der Waals surface area contributed by atoms with Crippen molar-refractivity contribution >= 4 is 17.7 Å². The summed E-state index contributed by atoms with van der Waals surface area (Å²) in [4.78, 5) is 11.9. The molecule has 2 aromatic heterocycles. The van der Waals surface area contributed by atoms with E-state index in [9.17, 15) is 9.90 Å². The zero-order chi connectivity index (χ0) is 14.6. The van der Waals surface area contributed by atoms with Crippen LogP contribution in [0.3, 0.4) is 0 Å². The predicted molar refractivity (Wildman–Crippen MR) is 75.5 cm³/mol. The molecule has 0 saturated carbocycles. The SMILES string of the molecule is CSC[C@@](C)(O)CNC(=O)c1cc(-c2ccco2)on1. The number of carbonyl (C=O) groups is 1. The summed E-state index contributed by atoms with van der Waals surface area (Å²) in [6.45, 7) is 1.82. The molecular formula is C13H16N2O4S. The first-order chi connectivity index (χ1) is 9.52. The summed E-state index contributed by atoms with van der Waals surface area (Å²) in [6, 6.07) is 4.93. The van der Waals surface area contributed by atoms with E-state index in [4.69, 9.17) is 8.94 Å². The Kier molecular flexibility index (Phi) is 4.51. The minimum Gasteiger partial charge on any atom is -0.461 e. The third-order valence-electron chi connectivity index (χ3n) is 2.59. The first-order valence-corrected chi connectivity index (χ1v) is 7.41. The Morgan fingerprint density at radius 1 is 1.55 bits per heavy atom. The zero-order valence-electron chi connectivity index (χ0n) is 11.3. The highest BCUT2D eigenvalue weighted by atomic mass is 32.2. The standard InChI is InChI=1S/C13H16N2O4S/c1-13(17,8-20-2)7-14-12(16)9-6-11(19-15-9)10-4-3-5-18-10/h3-6,17H,7-8H2,1-2H3,(H,14,16)/t13-/m0/s1. The third-order valence-corrected chi connectivity index (χ3v) is 3.50. The van der Waals surface area contributed by atoms with Crippen LogP contribution in [0.1, 0.15) is 17.4 Å². The van der Waals surface area contributed by atoms with Gasteiger partial charge in [0.25, 0.3) is 5.91 Å². The number of furan rings is 1. The van der Waals surface area contributed by atoms with Crippen LogP contribution in [0.2, 0.25) is 0 Å². The largest absolute Gasteiger partial charge is 0.461 e. The molecule has 2 heterocycles. The van der Waals surface area contributed by atoms with Crippen molar-refractivity contribution in [2.75, 3.05) is 18.6 Å². The molecule has 0 aromatic carbocycles. The minimum absolute atomic E-state index is 0.148. The molecule has 20 heavy (non-hydrogen) atoms. The molecule has 108 valence electrons. The minimum atomic E-state index is -0.956. The van der Waals surface area contributed by atoms with Crippen LogP contribution in [-0.4, -0.2) is 40.3 Å². The van der Waals surface area contributed by atoms with Crippen LogP contribution < -0.4 is 5.32 Å². The lowest BCUT2D eigenvalue weighted by Crippen LogP contribution is -2.42. The lowest BCUT2D eigenvalue weighted by molar-refractivity contribution is 0.0720. The van der Waals surface area contributed by atoms with Gasteiger partial charge in [0.05, 0.1) is 11.9 Å². The molecule has 0 aliphatic rings. The van der Waals surface area contributed by atoms with Crippen molar-refractivity contribution in [1.29, 1.82) is 0 Å². The fourth-order valence-corrected chi connectivity index (χ4v) is 2.36. The maximum atomic E-state index is 11.9. The van der Waals surface area contributed by atoms with E-state index < -0.39 is 11.5 Å². The average molecular weight is 296 g/mol. The van der Waals surface area contributed by atoms with E-state index in [1.807, 2.05) is 6.26 Å². The monoisotopic (exact) mass is 296 g/mol. The quantitative estimate of drug-likeness (QED) is 0.844. The number of aromatic nitrogens is 1. The van der Waals surface area contributed by atoms with Crippen LogP contribution in [-0.2, 0) is 0 Å². The van der Waals surface area contributed by atoms with Crippen LogP contribution in [0.5, 0.6) is 0 Å². The summed E-state index contributed by atoms with van der Waals surface area (Å²) >= 11 is 1.51. The predicted octanol–water partition coefficient (Wildman–Crippen LogP) is 1.78. The van der Waals surface area contributed by atoms with E-state index in [2.05, 4.69) is 10.5 Å². The summed E-state index contributed by atoms with van der Waals surface area (Å²) in [5.41, 5.74) is -0.806. The van der Waals surface area contributed by atoms with Gasteiger partial charge in [0.2, 0.25) is 5.76 Å². The molecule has 0 unspecified atom stereocenters. The van der Waals surface area contributed by atoms with Crippen molar-refractivity contribution in [1.82, 2.24) is 10.5 Å². The average Bonchev–Trinajstić information content (AvgIpc) is 3.06. The lowest BCUT2D eigenvalue weighted by atomic mass is 10.1. The first-order valence-electron chi connectivity index (χ1n) is 6.02. The molecular weight excluding hydrogens is 280 g/mol. The van der Waals surface area contributed by atoms with Crippen LogP contribution >= 0.6 is 11.8 Å². The maximum Gasteiger partial charge on any atom is 0.273 e. The summed E-state index contributed by atoms with van der Waals surface area (Å²) in [7, 11) is 0. The Labute approximate surface area is 120 Å². The van der Waals surface area contributed by atoms with E-state index in [-0.39, 0.29) is 12.2 Å². The van der Waals surface area contributed by atoms with Crippen molar-refractivity contribution in [2.45, 2.75) is 12.5 Å². The van der Waals surface area contributed by atoms with Gasteiger partial charge in [-0.05, 0) is 25.3 Å². The molecule has 1 amide bonds. The Bertz CT molecular complexity index is 563. The molecule has 0 spiro atoms. The smallest absolute Gasteiger partial charge is 0.273 e. The summed E-state index contributed by atoms with van der Waals surface area (Å²) in [5.74, 6) is 1.03. The van der Waals surface area contributed by atoms with Gasteiger partial charge in [0.1, 0.15) is 0 Å². The molecule has 0 saturated heterocycles. The highest BCUT2D eigenvalue weighted by Gasteiger charge is 2.22. The van der Waals surface area contributed by atoms with Crippen molar-refractivity contribution < 1.29 is 18.8 Å². The first kappa shape index (κ1) is 14.7. The third kappa shape index (κ3) is 3.64. The molecule has 0 aliphatic carbocycles. The Morgan fingerprint density at radius 2 is 2.35 bits per heavy atom. The van der Waals surface area contributed by atoms with Gasteiger partial charge in [-0.1, -0.05) is 5.16 Å². The summed E-state index contributed by atoms with van der Waals surface area (Å²) in [5, 5.41) is 16.3. The van der Waals surface area contributed by atoms with E-state index in [0.717, 1.165) is 0 Å². The molecule has 0 radical (unpaired) electrons.